The number of ether oxygens (including phenoxy) is 2. The fourth-order valence-corrected chi connectivity index (χ4v) is 2.83. The Hall–Kier alpha value is -0.930. The van der Waals surface area contributed by atoms with Crippen LogP contribution in [-0.4, -0.2) is 25.9 Å². The summed E-state index contributed by atoms with van der Waals surface area (Å²) in [6, 6.07) is 6.45. The van der Waals surface area contributed by atoms with Gasteiger partial charge >= 0.3 is 0 Å². The molecule has 3 nitrogen and oxygen atoms in total. The van der Waals surface area contributed by atoms with Gasteiger partial charge in [0, 0.05) is 18.8 Å². The molecule has 1 aromatic carbocycles. The molecule has 0 saturated heterocycles. The van der Waals surface area contributed by atoms with Gasteiger partial charge in [-0.25, -0.2) is 0 Å². The summed E-state index contributed by atoms with van der Waals surface area (Å²) in [5, 5.41) is 4.23. The number of methoxy groups -OCH3 is 1. The molecule has 0 aliphatic heterocycles. The predicted octanol–water partition coefficient (Wildman–Crippen LogP) is 4.50. The average molecular weight is 298 g/mol. The van der Waals surface area contributed by atoms with Gasteiger partial charge in [-0.1, -0.05) is 18.5 Å². The highest BCUT2D eigenvalue weighted by atomic mass is 35.5. The molecule has 0 spiro atoms. The first-order valence-electron chi connectivity index (χ1n) is 7.44. The van der Waals surface area contributed by atoms with Gasteiger partial charge in [0.05, 0.1) is 17.7 Å². The maximum Gasteiger partial charge on any atom is 0.138 e. The largest absolute Gasteiger partial charge is 0.492 e. The molecule has 2 rings (SSSR count). The van der Waals surface area contributed by atoms with Crippen LogP contribution in [0.2, 0.25) is 5.02 Å². The molecule has 1 aliphatic carbocycles. The van der Waals surface area contributed by atoms with E-state index in [9.17, 15) is 0 Å². The Morgan fingerprint density at radius 2 is 2.00 bits per heavy atom. The Balaban J connectivity index is 1.89. The Morgan fingerprint density at radius 1 is 1.25 bits per heavy atom. The minimum Gasteiger partial charge on any atom is -0.492 e. The first-order valence-corrected chi connectivity index (χ1v) is 7.82. The van der Waals surface area contributed by atoms with Gasteiger partial charge in [-0.3, -0.25) is 0 Å². The second-order valence-corrected chi connectivity index (χ2v) is 5.75. The van der Waals surface area contributed by atoms with Gasteiger partial charge in [0.2, 0.25) is 0 Å². The maximum atomic E-state index is 6.24. The van der Waals surface area contributed by atoms with Crippen LogP contribution >= 0.6 is 11.6 Å². The van der Waals surface area contributed by atoms with Crippen molar-refractivity contribution in [2.75, 3.05) is 19.0 Å². The minimum atomic E-state index is 0.432. The molecule has 4 heteroatoms. The highest BCUT2D eigenvalue weighted by Gasteiger charge is 2.20. The van der Waals surface area contributed by atoms with Gasteiger partial charge in [0.25, 0.3) is 0 Å². The number of rotatable bonds is 6. The lowest BCUT2D eigenvalue weighted by Crippen LogP contribution is -2.29. The molecule has 0 atom stereocenters. The molecule has 0 aromatic heterocycles. The van der Waals surface area contributed by atoms with Gasteiger partial charge in [0.15, 0.2) is 0 Å². The van der Waals surface area contributed by atoms with E-state index in [0.29, 0.717) is 23.8 Å². The van der Waals surface area contributed by atoms with Gasteiger partial charge < -0.3 is 14.8 Å². The quantitative estimate of drug-likeness (QED) is 0.838. The second kappa shape index (κ2) is 7.75. The van der Waals surface area contributed by atoms with Gasteiger partial charge in [-0.05, 0) is 50.3 Å². The van der Waals surface area contributed by atoms with Gasteiger partial charge in [-0.15, -0.1) is 0 Å². The van der Waals surface area contributed by atoms with Crippen LogP contribution in [0.5, 0.6) is 5.75 Å². The predicted molar refractivity (Wildman–Crippen MR) is 83.9 cm³/mol. The molecule has 0 radical (unpaired) electrons. The van der Waals surface area contributed by atoms with E-state index in [0.717, 1.165) is 43.5 Å². The summed E-state index contributed by atoms with van der Waals surface area (Å²) in [6.45, 7) is 2.79. The summed E-state index contributed by atoms with van der Waals surface area (Å²) in [6.07, 6.45) is 5.95. The van der Waals surface area contributed by atoms with Crippen LogP contribution in [0.25, 0.3) is 0 Å². The van der Waals surface area contributed by atoms with Gasteiger partial charge in [0.1, 0.15) is 5.75 Å². The molecule has 1 saturated carbocycles. The van der Waals surface area contributed by atoms with Crippen LogP contribution in [0.15, 0.2) is 18.2 Å². The van der Waals surface area contributed by atoms with Crippen molar-refractivity contribution in [3.05, 3.63) is 23.2 Å². The highest BCUT2D eigenvalue weighted by molar-refractivity contribution is 6.32. The van der Waals surface area contributed by atoms with Crippen LogP contribution in [0.3, 0.4) is 0 Å². The minimum absolute atomic E-state index is 0.432. The molecule has 1 N–H and O–H groups in total. The zero-order chi connectivity index (χ0) is 14.4. The standard InChI is InChI=1S/C16H24ClNO2/c1-3-10-20-16-9-6-13(11-15(16)17)18-12-4-7-14(19-2)8-5-12/h6,9,11-12,14,18H,3-5,7-8,10H2,1-2H3. The van der Waals surface area contributed by atoms with E-state index >= 15 is 0 Å². The van der Waals surface area contributed by atoms with Crippen LogP contribution < -0.4 is 10.1 Å². The molecule has 0 heterocycles. The third kappa shape index (κ3) is 4.29. The lowest BCUT2D eigenvalue weighted by atomic mass is 9.93. The third-order valence-electron chi connectivity index (χ3n) is 3.77. The monoisotopic (exact) mass is 297 g/mol. The topological polar surface area (TPSA) is 30.5 Å². The molecule has 1 aliphatic rings. The summed E-state index contributed by atoms with van der Waals surface area (Å²) in [4.78, 5) is 0. The summed E-state index contributed by atoms with van der Waals surface area (Å²) in [7, 11) is 1.80. The zero-order valence-electron chi connectivity index (χ0n) is 12.3. The van der Waals surface area contributed by atoms with E-state index in [1.54, 1.807) is 7.11 Å². The van der Waals surface area contributed by atoms with Crippen molar-refractivity contribution in [3.8, 4) is 5.75 Å². The van der Waals surface area contributed by atoms with Crippen molar-refractivity contribution in [2.24, 2.45) is 0 Å². The van der Waals surface area contributed by atoms with E-state index in [2.05, 4.69) is 12.2 Å². The molecule has 1 aromatic rings. The van der Waals surface area contributed by atoms with Crippen LogP contribution in [0.1, 0.15) is 39.0 Å². The number of nitrogens with one attached hydrogen (secondary N) is 1. The maximum absolute atomic E-state index is 6.24. The summed E-state index contributed by atoms with van der Waals surface area (Å²) in [5.74, 6) is 0.766. The summed E-state index contributed by atoms with van der Waals surface area (Å²) >= 11 is 6.24. The van der Waals surface area contributed by atoms with Crippen molar-refractivity contribution >= 4 is 17.3 Å². The first-order chi connectivity index (χ1) is 9.72. The van der Waals surface area contributed by atoms with Crippen LogP contribution in [0.4, 0.5) is 5.69 Å². The Bertz CT molecular complexity index is 417. The fraction of sp³-hybridized carbons (Fsp3) is 0.625. The fourth-order valence-electron chi connectivity index (χ4n) is 2.60. The number of halogens is 1. The van der Waals surface area contributed by atoms with Crippen molar-refractivity contribution in [1.82, 2.24) is 0 Å². The Morgan fingerprint density at radius 3 is 2.60 bits per heavy atom. The number of hydrogen-bond acceptors (Lipinski definition) is 3. The Labute approximate surface area is 126 Å². The first kappa shape index (κ1) is 15.5. The highest BCUT2D eigenvalue weighted by Crippen LogP contribution is 2.30. The van der Waals surface area contributed by atoms with Crippen molar-refractivity contribution in [1.29, 1.82) is 0 Å². The van der Waals surface area contributed by atoms with Gasteiger partial charge in [-0.2, -0.15) is 0 Å². The van der Waals surface area contributed by atoms with Crippen molar-refractivity contribution < 1.29 is 9.47 Å². The van der Waals surface area contributed by atoms with Crippen LogP contribution in [-0.2, 0) is 4.74 Å². The second-order valence-electron chi connectivity index (χ2n) is 5.35. The van der Waals surface area contributed by atoms with E-state index < -0.39 is 0 Å². The molecular weight excluding hydrogens is 274 g/mol. The SMILES string of the molecule is CCCOc1ccc(NC2CCC(OC)CC2)cc1Cl. The smallest absolute Gasteiger partial charge is 0.138 e. The molecule has 0 unspecified atom stereocenters. The van der Waals surface area contributed by atoms with Crippen molar-refractivity contribution in [3.63, 3.8) is 0 Å². The summed E-state index contributed by atoms with van der Waals surface area (Å²) in [5.41, 5.74) is 1.07. The van der Waals surface area contributed by atoms with E-state index in [1.807, 2.05) is 18.2 Å². The lowest BCUT2D eigenvalue weighted by Gasteiger charge is -2.29. The summed E-state index contributed by atoms with van der Waals surface area (Å²) < 4.78 is 11.0. The average Bonchev–Trinajstić information content (AvgIpc) is 2.47. The number of hydrogen-bond donors (Lipinski definition) is 1. The zero-order valence-corrected chi connectivity index (χ0v) is 13.1. The molecular formula is C16H24ClNO2. The molecule has 112 valence electrons. The lowest BCUT2D eigenvalue weighted by molar-refractivity contribution is 0.0682. The van der Waals surface area contributed by atoms with E-state index in [4.69, 9.17) is 21.1 Å². The van der Waals surface area contributed by atoms with Crippen LogP contribution in [0, 0.1) is 0 Å². The van der Waals surface area contributed by atoms with E-state index in [1.165, 1.54) is 0 Å². The molecule has 20 heavy (non-hydrogen) atoms. The molecule has 0 bridgehead atoms. The molecule has 0 amide bonds. The molecule has 1 fully saturated rings. The Kier molecular flexibility index (Phi) is 5.99. The number of benzene rings is 1. The van der Waals surface area contributed by atoms with Crippen molar-refractivity contribution in [2.45, 2.75) is 51.2 Å². The third-order valence-corrected chi connectivity index (χ3v) is 4.07. The van der Waals surface area contributed by atoms with E-state index in [-0.39, 0.29) is 0 Å². The number of anilines is 1. The normalized spacial score (nSPS) is 22.6.